The number of carbonyl (C=O) groups is 1. The number of hydrogen-bond acceptors (Lipinski definition) is 14. The molecule has 0 radical (unpaired) electrons. The van der Waals surface area contributed by atoms with E-state index in [-0.39, 0.29) is 51.9 Å². The molecule has 3 atom stereocenters. The Morgan fingerprint density at radius 2 is 1.70 bits per heavy atom. The van der Waals surface area contributed by atoms with E-state index in [2.05, 4.69) is 62.9 Å². The van der Waals surface area contributed by atoms with E-state index in [0.717, 1.165) is 81.9 Å². The first-order valence-corrected chi connectivity index (χ1v) is 26.4. The minimum absolute atomic E-state index is 0.115. The molecule has 1 saturated carbocycles. The molecule has 70 heavy (non-hydrogen) atoms. The van der Waals surface area contributed by atoms with Crippen molar-refractivity contribution < 1.29 is 37.1 Å². The number of morpholine rings is 1. The van der Waals surface area contributed by atoms with Crippen molar-refractivity contribution in [1.82, 2.24) is 19.6 Å². The monoisotopic (exact) mass is 974 g/mol. The van der Waals surface area contributed by atoms with Gasteiger partial charge in [-0.1, -0.05) is 38.1 Å². The lowest BCUT2D eigenvalue weighted by Gasteiger charge is -2.57. The lowest BCUT2D eigenvalue weighted by atomic mass is 9.59. The zero-order valence-corrected chi connectivity index (χ0v) is 40.6. The van der Waals surface area contributed by atoms with E-state index in [0.29, 0.717) is 74.3 Å². The molecule has 5 aromatic rings. The predicted octanol–water partition coefficient (Wildman–Crippen LogP) is 8.06. The normalized spacial score (nSPS) is 23.1. The molecule has 370 valence electrons. The summed E-state index contributed by atoms with van der Waals surface area (Å²) in [6.45, 7) is 11.0. The molecule has 1 amide bonds. The smallest absolute Gasteiger partial charge is 0.293 e. The highest BCUT2D eigenvalue weighted by atomic mass is 32.2. The number of rotatable bonds is 12. The first-order valence-electron chi connectivity index (χ1n) is 24.9. The number of nitro benzene ring substituents is 1. The predicted molar refractivity (Wildman–Crippen MR) is 266 cm³/mol. The number of benzene rings is 3. The van der Waals surface area contributed by atoms with Crippen molar-refractivity contribution in [2.75, 3.05) is 80.9 Å². The summed E-state index contributed by atoms with van der Waals surface area (Å²) in [6.07, 6.45) is 7.87. The number of aromatic amines is 1. The van der Waals surface area contributed by atoms with Gasteiger partial charge in [-0.05, 0) is 116 Å². The number of nitrogens with one attached hydrogen (secondary N) is 3. The number of fused-ring (bicyclic) bond motifs is 3. The van der Waals surface area contributed by atoms with Crippen molar-refractivity contribution in [1.29, 1.82) is 0 Å². The van der Waals surface area contributed by atoms with Crippen LogP contribution in [0.3, 0.4) is 0 Å². The summed E-state index contributed by atoms with van der Waals surface area (Å²) in [6, 6.07) is 22.4. The molecule has 6 aliphatic rings. The molecule has 5 fully saturated rings. The lowest BCUT2D eigenvalue weighted by molar-refractivity contribution is -0.384. The summed E-state index contributed by atoms with van der Waals surface area (Å²) in [7, 11) is -4.61. The van der Waals surface area contributed by atoms with E-state index >= 15 is 0 Å². The summed E-state index contributed by atoms with van der Waals surface area (Å²) in [5, 5.41) is 16.3. The van der Waals surface area contributed by atoms with Crippen LogP contribution in [0.2, 0.25) is 0 Å². The van der Waals surface area contributed by atoms with Crippen LogP contribution in [0, 0.1) is 21.4 Å². The van der Waals surface area contributed by atoms with Crippen LogP contribution in [0.4, 0.5) is 28.4 Å². The van der Waals surface area contributed by atoms with Crippen molar-refractivity contribution in [3.63, 3.8) is 0 Å². The Bertz CT molecular complexity index is 2870. The molecule has 18 heteroatoms. The molecule has 5 aliphatic heterocycles. The summed E-state index contributed by atoms with van der Waals surface area (Å²) >= 11 is 0. The van der Waals surface area contributed by atoms with Gasteiger partial charge in [0.15, 0.2) is 0 Å². The number of sulfonamides is 1. The molecule has 11 rings (SSSR count). The van der Waals surface area contributed by atoms with E-state index < -0.39 is 27.0 Å². The average molecular weight is 975 g/mol. The third-order valence-corrected chi connectivity index (χ3v) is 17.2. The van der Waals surface area contributed by atoms with Crippen LogP contribution >= 0.6 is 0 Å². The van der Waals surface area contributed by atoms with Gasteiger partial charge in [0.2, 0.25) is 5.88 Å². The fourth-order valence-corrected chi connectivity index (χ4v) is 13.1. The zero-order chi connectivity index (χ0) is 48.1. The number of hydrogen-bond donors (Lipinski definition) is 3. The molecule has 4 saturated heterocycles. The van der Waals surface area contributed by atoms with E-state index in [4.69, 9.17) is 23.9 Å². The van der Waals surface area contributed by atoms with Crippen LogP contribution in [0.25, 0.3) is 11.0 Å². The Balaban J connectivity index is 0.876. The molecular weight excluding hydrogens is 913 g/mol. The molecule has 7 heterocycles. The minimum atomic E-state index is -4.61. The number of nitro groups is 1. The number of nitrogens with zero attached hydrogens (tertiary/aromatic N) is 5. The van der Waals surface area contributed by atoms with Gasteiger partial charge in [-0.25, -0.2) is 13.1 Å². The quantitative estimate of drug-likeness (QED) is 0.0803. The first-order chi connectivity index (χ1) is 33.9. The number of anilines is 4. The standard InChI is InChI=1S/C52H62N8O9S/c1-33(2)39-5-3-4-6-40(39)46-31-68-24-20-58(46)38-28-52(29-38)15-18-57(19-16-52)37-8-10-48(44(27-37)59-42-14-23-67-32-47(42)69-51-45(59)25-35-11-17-53-49(35)55-51)70(64,65)56-50(61)36-7-9-41(43(26-36)60(62)63)54-30-34-12-21-66-22-13-34/h3-11,17,25-27,33-34,38,42,46-47,54H,12-16,18-24,28-32H2,1-2H3,(H,53,55)(H,56,61)/t42-,46+,47-/m1/s1. The van der Waals surface area contributed by atoms with E-state index in [1.807, 2.05) is 29.2 Å². The van der Waals surface area contributed by atoms with Gasteiger partial charge in [-0.2, -0.15) is 4.98 Å². The molecule has 1 aliphatic carbocycles. The maximum atomic E-state index is 14.8. The number of amides is 1. The summed E-state index contributed by atoms with van der Waals surface area (Å²) < 4.78 is 55.8. The van der Waals surface area contributed by atoms with Gasteiger partial charge in [-0.15, -0.1) is 0 Å². The molecule has 2 aromatic heterocycles. The number of carbonyl (C=O) groups excluding carboxylic acids is 1. The SMILES string of the molecule is CC(C)c1ccccc1[C@@H]1COCCN1C1CC2(CCN(c3ccc(S(=O)(=O)NC(=O)c4ccc(NCC5CCOCC5)c([N+](=O)[O-])c4)c(N4c5cc6cc[nH]c6nc5O[C@@H]5COCC[C@H]54)c3)CC2)C1. The average Bonchev–Trinajstić information content (AvgIpc) is 3.83. The second kappa shape index (κ2) is 19.1. The number of H-pyrrole nitrogens is 1. The topological polar surface area (TPSA) is 194 Å². The minimum Gasteiger partial charge on any atom is -0.468 e. The van der Waals surface area contributed by atoms with Crippen LogP contribution in [-0.2, 0) is 24.2 Å². The van der Waals surface area contributed by atoms with Crippen molar-refractivity contribution >= 4 is 55.4 Å². The molecule has 1 spiro atoms. The van der Waals surface area contributed by atoms with Crippen LogP contribution in [0.15, 0.2) is 83.9 Å². The van der Waals surface area contributed by atoms with Gasteiger partial charge < -0.3 is 39.0 Å². The zero-order valence-electron chi connectivity index (χ0n) is 39.8. The van der Waals surface area contributed by atoms with E-state index in [1.54, 1.807) is 12.3 Å². The highest BCUT2D eigenvalue weighted by molar-refractivity contribution is 7.90. The maximum Gasteiger partial charge on any atom is 0.293 e. The van der Waals surface area contributed by atoms with Crippen molar-refractivity contribution in [2.45, 2.75) is 93.8 Å². The van der Waals surface area contributed by atoms with Gasteiger partial charge in [0.05, 0.1) is 42.5 Å². The first kappa shape index (κ1) is 46.6. The van der Waals surface area contributed by atoms with Crippen molar-refractivity contribution in [3.8, 4) is 5.88 Å². The Hall–Kier alpha value is -5.79. The second-order valence-electron chi connectivity index (χ2n) is 20.4. The van der Waals surface area contributed by atoms with Crippen LogP contribution in [0.1, 0.15) is 92.2 Å². The number of pyridine rings is 1. The Kier molecular flexibility index (Phi) is 12.7. The molecule has 17 nitrogen and oxygen atoms in total. The highest BCUT2D eigenvalue weighted by Gasteiger charge is 2.50. The fraction of sp³-hybridized carbons (Fsp3) is 0.500. The van der Waals surface area contributed by atoms with Gasteiger partial charge in [0.1, 0.15) is 28.0 Å². The lowest BCUT2D eigenvalue weighted by Crippen LogP contribution is -2.58. The van der Waals surface area contributed by atoms with Crippen LogP contribution < -0.4 is 24.6 Å². The molecule has 3 N–H and O–H groups in total. The van der Waals surface area contributed by atoms with E-state index in [9.17, 15) is 23.3 Å². The van der Waals surface area contributed by atoms with Crippen LogP contribution in [-0.4, -0.2) is 118 Å². The molecule has 0 unspecified atom stereocenters. The molecule has 3 aromatic carbocycles. The fourth-order valence-electron chi connectivity index (χ4n) is 12.0. The number of aromatic nitrogens is 2. The molecule has 0 bridgehead atoms. The van der Waals surface area contributed by atoms with Crippen LogP contribution in [0.5, 0.6) is 5.88 Å². The van der Waals surface area contributed by atoms with Gasteiger partial charge >= 0.3 is 0 Å². The summed E-state index contributed by atoms with van der Waals surface area (Å²) in [5.41, 5.74) is 5.26. The van der Waals surface area contributed by atoms with Gasteiger partial charge in [0, 0.05) is 80.9 Å². The Morgan fingerprint density at radius 3 is 2.50 bits per heavy atom. The third-order valence-electron chi connectivity index (χ3n) is 15.8. The Morgan fingerprint density at radius 1 is 0.914 bits per heavy atom. The molecular formula is C52H62N8O9S. The van der Waals surface area contributed by atoms with E-state index in [1.165, 1.54) is 23.3 Å². The van der Waals surface area contributed by atoms with Crippen molar-refractivity contribution in [2.24, 2.45) is 11.3 Å². The summed E-state index contributed by atoms with van der Waals surface area (Å²) in [5.74, 6) is 0.0744. The van der Waals surface area contributed by atoms with Gasteiger partial charge in [0.25, 0.3) is 21.6 Å². The number of piperidine rings is 1. The largest absolute Gasteiger partial charge is 0.468 e. The van der Waals surface area contributed by atoms with Gasteiger partial charge in [-0.3, -0.25) is 19.8 Å². The number of ether oxygens (including phenoxy) is 4. The van der Waals surface area contributed by atoms with Crippen molar-refractivity contribution in [3.05, 3.63) is 106 Å². The Labute approximate surface area is 408 Å². The highest BCUT2D eigenvalue weighted by Crippen LogP contribution is 2.54. The second-order valence-corrected chi connectivity index (χ2v) is 22.0. The third kappa shape index (κ3) is 8.97. The summed E-state index contributed by atoms with van der Waals surface area (Å²) in [4.78, 5) is 40.7. The maximum absolute atomic E-state index is 14.8.